The van der Waals surface area contributed by atoms with Gasteiger partial charge in [-0.3, -0.25) is 4.90 Å². The van der Waals surface area contributed by atoms with Gasteiger partial charge < -0.3 is 5.32 Å². The molecule has 1 heterocycles. The minimum Gasteiger partial charge on any atom is -0.314 e. The van der Waals surface area contributed by atoms with Gasteiger partial charge in [-0.25, -0.2) is 4.39 Å². The van der Waals surface area contributed by atoms with Gasteiger partial charge >= 0.3 is 0 Å². The number of nitrogens with one attached hydrogen (secondary N) is 1. The van der Waals surface area contributed by atoms with E-state index >= 15 is 0 Å². The van der Waals surface area contributed by atoms with E-state index in [9.17, 15) is 4.39 Å². The summed E-state index contributed by atoms with van der Waals surface area (Å²) in [4.78, 5) is 1.85. The summed E-state index contributed by atoms with van der Waals surface area (Å²) in [5.74, 6) is -1.14. The molecule has 10 heavy (non-hydrogen) atoms. The maximum atomic E-state index is 13.2. The predicted molar refractivity (Wildman–Crippen MR) is 39.6 cm³/mol. The van der Waals surface area contributed by atoms with Crippen LogP contribution in [0, 0.1) is 0 Å². The average molecular weight is 146 g/mol. The number of alkyl halides is 1. The first-order valence-electron chi connectivity index (χ1n) is 3.75. The van der Waals surface area contributed by atoms with Gasteiger partial charge in [0.15, 0.2) is 5.79 Å². The lowest BCUT2D eigenvalue weighted by Gasteiger charge is -2.35. The van der Waals surface area contributed by atoms with Gasteiger partial charge in [0.1, 0.15) is 0 Å². The summed E-state index contributed by atoms with van der Waals surface area (Å²) in [6.07, 6.45) is 0. The Kier molecular flexibility index (Phi) is 2.26. The smallest absolute Gasteiger partial charge is 0.158 e. The third-order valence-corrected chi connectivity index (χ3v) is 1.87. The Balaban J connectivity index is 2.39. The molecule has 1 saturated heterocycles. The zero-order valence-electron chi connectivity index (χ0n) is 6.65. The van der Waals surface area contributed by atoms with Crippen LogP contribution in [0.2, 0.25) is 0 Å². The van der Waals surface area contributed by atoms with Crippen LogP contribution in [-0.4, -0.2) is 36.9 Å². The molecule has 0 unspecified atom stereocenters. The van der Waals surface area contributed by atoms with Crippen LogP contribution in [0.1, 0.15) is 13.8 Å². The summed E-state index contributed by atoms with van der Waals surface area (Å²) in [7, 11) is 0. The molecule has 1 aliphatic rings. The highest BCUT2D eigenvalue weighted by atomic mass is 19.1. The Morgan fingerprint density at radius 3 is 2.10 bits per heavy atom. The van der Waals surface area contributed by atoms with E-state index in [1.807, 2.05) is 4.90 Å². The maximum Gasteiger partial charge on any atom is 0.158 e. The van der Waals surface area contributed by atoms with E-state index < -0.39 is 5.79 Å². The highest BCUT2D eigenvalue weighted by Crippen LogP contribution is 2.15. The number of halogens is 1. The highest BCUT2D eigenvalue weighted by Gasteiger charge is 2.26. The third kappa shape index (κ3) is 1.92. The van der Waals surface area contributed by atoms with Crippen molar-refractivity contribution >= 4 is 0 Å². The quantitative estimate of drug-likeness (QED) is 0.545. The van der Waals surface area contributed by atoms with Crippen molar-refractivity contribution in [2.24, 2.45) is 0 Å². The molecule has 0 bridgehead atoms. The SMILES string of the molecule is CC(C)(F)N1CCNCC1. The molecular formula is C7H15FN2. The van der Waals surface area contributed by atoms with Crippen LogP contribution in [0.25, 0.3) is 0 Å². The Bertz CT molecular complexity index is 103. The van der Waals surface area contributed by atoms with Gasteiger partial charge in [-0.2, -0.15) is 0 Å². The zero-order chi connectivity index (χ0) is 7.61. The van der Waals surface area contributed by atoms with Gasteiger partial charge in [0.2, 0.25) is 0 Å². The minimum absolute atomic E-state index is 0.823. The van der Waals surface area contributed by atoms with E-state index in [4.69, 9.17) is 0 Å². The standard InChI is InChI=1S/C7H15FN2/c1-7(2,8)10-5-3-9-4-6-10/h9H,3-6H2,1-2H3. The normalized spacial score (nSPS) is 23.1. The first kappa shape index (κ1) is 7.95. The largest absolute Gasteiger partial charge is 0.314 e. The number of hydrogen-bond acceptors (Lipinski definition) is 2. The Morgan fingerprint density at radius 2 is 1.80 bits per heavy atom. The molecule has 0 aromatic heterocycles. The van der Waals surface area contributed by atoms with E-state index in [0.29, 0.717) is 0 Å². The van der Waals surface area contributed by atoms with E-state index in [0.717, 1.165) is 26.2 Å². The fourth-order valence-electron chi connectivity index (χ4n) is 1.20. The summed E-state index contributed by atoms with van der Waals surface area (Å²) in [6, 6.07) is 0. The molecule has 0 spiro atoms. The van der Waals surface area contributed by atoms with Crippen LogP contribution in [0.15, 0.2) is 0 Å². The monoisotopic (exact) mass is 146 g/mol. The van der Waals surface area contributed by atoms with Crippen LogP contribution in [0.3, 0.4) is 0 Å². The molecule has 1 fully saturated rings. The van der Waals surface area contributed by atoms with Crippen LogP contribution in [0.4, 0.5) is 4.39 Å². The fourth-order valence-corrected chi connectivity index (χ4v) is 1.20. The second kappa shape index (κ2) is 2.84. The fraction of sp³-hybridized carbons (Fsp3) is 1.00. The lowest BCUT2D eigenvalue weighted by Crippen LogP contribution is -2.51. The van der Waals surface area contributed by atoms with E-state index in [1.54, 1.807) is 13.8 Å². The lowest BCUT2D eigenvalue weighted by atomic mass is 10.2. The number of rotatable bonds is 1. The molecule has 1 N–H and O–H groups in total. The van der Waals surface area contributed by atoms with E-state index in [2.05, 4.69) is 5.32 Å². The van der Waals surface area contributed by atoms with Crippen molar-refractivity contribution in [3.8, 4) is 0 Å². The first-order valence-corrected chi connectivity index (χ1v) is 3.75. The molecule has 2 nitrogen and oxygen atoms in total. The summed E-state index contributed by atoms with van der Waals surface area (Å²) in [5, 5.41) is 3.18. The van der Waals surface area contributed by atoms with Crippen molar-refractivity contribution in [3.63, 3.8) is 0 Å². The van der Waals surface area contributed by atoms with Crippen molar-refractivity contribution in [3.05, 3.63) is 0 Å². The zero-order valence-corrected chi connectivity index (χ0v) is 6.65. The molecule has 0 aliphatic carbocycles. The molecule has 0 saturated carbocycles. The summed E-state index contributed by atoms with van der Waals surface area (Å²) >= 11 is 0. The predicted octanol–water partition coefficient (Wildman–Crippen LogP) is 0.597. The molecule has 60 valence electrons. The Morgan fingerprint density at radius 1 is 1.30 bits per heavy atom. The van der Waals surface area contributed by atoms with Crippen LogP contribution in [-0.2, 0) is 0 Å². The summed E-state index contributed by atoms with van der Waals surface area (Å²) < 4.78 is 13.2. The Hall–Kier alpha value is -0.150. The highest BCUT2D eigenvalue weighted by molar-refractivity contribution is 4.75. The van der Waals surface area contributed by atoms with Gasteiger partial charge in [0.25, 0.3) is 0 Å². The maximum absolute atomic E-state index is 13.2. The second-order valence-corrected chi connectivity index (χ2v) is 3.15. The Labute approximate surface area is 61.4 Å². The molecule has 0 aromatic rings. The van der Waals surface area contributed by atoms with E-state index in [1.165, 1.54) is 0 Å². The van der Waals surface area contributed by atoms with Crippen molar-refractivity contribution in [1.82, 2.24) is 10.2 Å². The number of piperazine rings is 1. The van der Waals surface area contributed by atoms with Crippen molar-refractivity contribution in [2.75, 3.05) is 26.2 Å². The van der Waals surface area contributed by atoms with Gasteiger partial charge in [-0.1, -0.05) is 0 Å². The van der Waals surface area contributed by atoms with Gasteiger partial charge in [-0.05, 0) is 13.8 Å². The van der Waals surface area contributed by atoms with Crippen LogP contribution >= 0.6 is 0 Å². The van der Waals surface area contributed by atoms with Crippen LogP contribution in [0.5, 0.6) is 0 Å². The molecular weight excluding hydrogens is 131 g/mol. The second-order valence-electron chi connectivity index (χ2n) is 3.15. The molecule has 1 aliphatic heterocycles. The summed E-state index contributed by atoms with van der Waals surface area (Å²) in [6.45, 7) is 6.68. The average Bonchev–Trinajstić information content (AvgIpc) is 1.88. The summed E-state index contributed by atoms with van der Waals surface area (Å²) in [5.41, 5.74) is 0. The number of hydrogen-bond donors (Lipinski definition) is 1. The topological polar surface area (TPSA) is 15.3 Å². The molecule has 0 radical (unpaired) electrons. The van der Waals surface area contributed by atoms with Gasteiger partial charge in [-0.15, -0.1) is 0 Å². The molecule has 0 aromatic carbocycles. The first-order chi connectivity index (χ1) is 4.61. The van der Waals surface area contributed by atoms with Crippen LogP contribution < -0.4 is 5.32 Å². The minimum atomic E-state index is -1.14. The van der Waals surface area contributed by atoms with Crippen molar-refractivity contribution in [2.45, 2.75) is 19.6 Å². The molecule has 0 atom stereocenters. The molecule has 3 heteroatoms. The van der Waals surface area contributed by atoms with Gasteiger partial charge in [0.05, 0.1) is 0 Å². The van der Waals surface area contributed by atoms with Crippen molar-refractivity contribution in [1.29, 1.82) is 0 Å². The van der Waals surface area contributed by atoms with Crippen molar-refractivity contribution < 1.29 is 4.39 Å². The lowest BCUT2D eigenvalue weighted by molar-refractivity contribution is -0.00945. The third-order valence-electron chi connectivity index (χ3n) is 1.87. The van der Waals surface area contributed by atoms with E-state index in [-0.39, 0.29) is 0 Å². The number of nitrogens with zero attached hydrogens (tertiary/aromatic N) is 1. The van der Waals surface area contributed by atoms with Gasteiger partial charge in [0, 0.05) is 26.2 Å². The molecule has 0 amide bonds. The molecule has 1 rings (SSSR count).